The van der Waals surface area contributed by atoms with Crippen molar-refractivity contribution in [1.29, 1.82) is 0 Å². The fourth-order valence-electron chi connectivity index (χ4n) is 2.26. The van der Waals surface area contributed by atoms with Crippen LogP contribution in [0.25, 0.3) is 0 Å². The van der Waals surface area contributed by atoms with Crippen LogP contribution in [0, 0.1) is 0 Å². The van der Waals surface area contributed by atoms with Gasteiger partial charge in [0, 0.05) is 18.3 Å². The Morgan fingerprint density at radius 2 is 1.94 bits per heavy atom. The van der Waals surface area contributed by atoms with Gasteiger partial charge in [-0.3, -0.25) is 0 Å². The van der Waals surface area contributed by atoms with Gasteiger partial charge in [0.1, 0.15) is 6.10 Å². The third kappa shape index (κ3) is 3.70. The molecule has 3 nitrogen and oxygen atoms in total. The van der Waals surface area contributed by atoms with E-state index in [1.54, 1.807) is 0 Å². The fraction of sp³-hybridized carbons (Fsp3) is 0.643. The molecule has 1 aromatic rings. The minimum absolute atomic E-state index is 0.0365. The number of hydrogen-bond acceptors (Lipinski definition) is 3. The van der Waals surface area contributed by atoms with Crippen molar-refractivity contribution >= 4 is 0 Å². The van der Waals surface area contributed by atoms with Gasteiger partial charge in [-0.15, -0.1) is 0 Å². The van der Waals surface area contributed by atoms with Crippen molar-refractivity contribution in [3.63, 3.8) is 0 Å². The van der Waals surface area contributed by atoms with Gasteiger partial charge >= 0.3 is 0 Å². The third-order valence-electron chi connectivity index (χ3n) is 3.37. The smallest absolute Gasteiger partial charge is 0.213 e. The molecule has 1 aliphatic rings. The molecule has 0 aromatic carbocycles. The zero-order valence-corrected chi connectivity index (χ0v) is 10.6. The summed E-state index contributed by atoms with van der Waals surface area (Å²) in [4.78, 5) is 4.32. The lowest BCUT2D eigenvalue weighted by Crippen LogP contribution is -2.16. The van der Waals surface area contributed by atoms with E-state index in [0.29, 0.717) is 6.10 Å². The van der Waals surface area contributed by atoms with Crippen molar-refractivity contribution in [3.8, 4) is 5.88 Å². The molecule has 1 fully saturated rings. The highest BCUT2D eigenvalue weighted by Gasteiger charge is 2.14. The van der Waals surface area contributed by atoms with Crippen molar-refractivity contribution in [2.45, 2.75) is 57.6 Å². The maximum Gasteiger partial charge on any atom is 0.213 e. The average Bonchev–Trinajstić information content (AvgIpc) is 2.58. The van der Waals surface area contributed by atoms with Gasteiger partial charge in [-0.2, -0.15) is 0 Å². The van der Waals surface area contributed by atoms with Gasteiger partial charge in [-0.25, -0.2) is 4.98 Å². The summed E-state index contributed by atoms with van der Waals surface area (Å²) in [5.74, 6) is 0.737. The van der Waals surface area contributed by atoms with Crippen molar-refractivity contribution in [3.05, 3.63) is 23.9 Å². The number of hydrogen-bond donors (Lipinski definition) is 1. The van der Waals surface area contributed by atoms with Crippen LogP contribution in [0.2, 0.25) is 0 Å². The van der Waals surface area contributed by atoms with E-state index in [1.807, 2.05) is 25.3 Å². The molecule has 0 amide bonds. The molecule has 94 valence electrons. The lowest BCUT2D eigenvalue weighted by molar-refractivity contribution is 0.176. The van der Waals surface area contributed by atoms with Crippen molar-refractivity contribution in [2.75, 3.05) is 0 Å². The Morgan fingerprint density at radius 3 is 2.47 bits per heavy atom. The lowest BCUT2D eigenvalue weighted by Gasteiger charge is -2.16. The Balaban J connectivity index is 1.93. The van der Waals surface area contributed by atoms with Crippen LogP contribution in [0.15, 0.2) is 18.3 Å². The Labute approximate surface area is 103 Å². The van der Waals surface area contributed by atoms with Gasteiger partial charge in [0.25, 0.3) is 0 Å². The first-order chi connectivity index (χ1) is 8.25. The first-order valence-corrected chi connectivity index (χ1v) is 6.64. The summed E-state index contributed by atoms with van der Waals surface area (Å²) in [5, 5.41) is 0. The predicted molar refractivity (Wildman–Crippen MR) is 69.0 cm³/mol. The molecule has 1 heterocycles. The molecule has 0 radical (unpaired) electrons. The van der Waals surface area contributed by atoms with Gasteiger partial charge in [0.15, 0.2) is 0 Å². The summed E-state index contributed by atoms with van der Waals surface area (Å²) in [6.07, 6.45) is 9.74. The molecule has 3 heteroatoms. The Kier molecular flexibility index (Phi) is 4.37. The zero-order chi connectivity index (χ0) is 12.1. The van der Waals surface area contributed by atoms with Crippen molar-refractivity contribution < 1.29 is 4.74 Å². The van der Waals surface area contributed by atoms with Gasteiger partial charge < -0.3 is 10.5 Å². The molecule has 1 saturated carbocycles. The first kappa shape index (κ1) is 12.4. The Hall–Kier alpha value is -1.09. The standard InChI is InChI=1S/C14H22N2O/c1-11(15)12-8-9-14(16-10-12)17-13-6-4-2-3-5-7-13/h8-11,13H,2-7,15H2,1H3/t11-/m1/s1. The van der Waals surface area contributed by atoms with E-state index in [4.69, 9.17) is 10.5 Å². The topological polar surface area (TPSA) is 48.1 Å². The highest BCUT2D eigenvalue weighted by molar-refractivity contribution is 5.20. The van der Waals surface area contributed by atoms with E-state index >= 15 is 0 Å². The number of nitrogens with two attached hydrogens (primary N) is 1. The van der Waals surface area contributed by atoms with E-state index in [9.17, 15) is 0 Å². The first-order valence-electron chi connectivity index (χ1n) is 6.64. The Morgan fingerprint density at radius 1 is 1.24 bits per heavy atom. The second-order valence-electron chi connectivity index (χ2n) is 4.95. The fourth-order valence-corrected chi connectivity index (χ4v) is 2.26. The van der Waals surface area contributed by atoms with Crippen LogP contribution in [0.1, 0.15) is 57.1 Å². The number of pyridine rings is 1. The molecule has 0 saturated heterocycles. The van der Waals surface area contributed by atoms with E-state index in [1.165, 1.54) is 25.7 Å². The molecule has 1 aliphatic carbocycles. The molecular weight excluding hydrogens is 212 g/mol. The second kappa shape index (κ2) is 6.01. The van der Waals surface area contributed by atoms with E-state index in [0.717, 1.165) is 24.3 Å². The lowest BCUT2D eigenvalue weighted by atomic mass is 10.1. The molecule has 0 bridgehead atoms. The van der Waals surface area contributed by atoms with E-state index in [2.05, 4.69) is 4.98 Å². The molecule has 2 N–H and O–H groups in total. The molecule has 1 aromatic heterocycles. The number of ether oxygens (including phenoxy) is 1. The largest absolute Gasteiger partial charge is 0.474 e. The quantitative estimate of drug-likeness (QED) is 0.817. The minimum Gasteiger partial charge on any atom is -0.474 e. The van der Waals surface area contributed by atoms with Gasteiger partial charge in [-0.05, 0) is 38.2 Å². The molecular formula is C14H22N2O. The third-order valence-corrected chi connectivity index (χ3v) is 3.37. The average molecular weight is 234 g/mol. The van der Waals surface area contributed by atoms with Crippen LogP contribution in [-0.2, 0) is 0 Å². The minimum atomic E-state index is 0.0365. The zero-order valence-electron chi connectivity index (χ0n) is 10.6. The predicted octanol–water partition coefficient (Wildman–Crippen LogP) is 3.20. The van der Waals surface area contributed by atoms with Crippen LogP contribution in [0.4, 0.5) is 0 Å². The summed E-state index contributed by atoms with van der Waals surface area (Å²) < 4.78 is 5.92. The highest BCUT2D eigenvalue weighted by Crippen LogP contribution is 2.22. The van der Waals surface area contributed by atoms with Gasteiger partial charge in [-0.1, -0.05) is 18.9 Å². The molecule has 17 heavy (non-hydrogen) atoms. The molecule has 2 rings (SSSR count). The van der Waals surface area contributed by atoms with Crippen LogP contribution in [-0.4, -0.2) is 11.1 Å². The maximum atomic E-state index is 5.92. The second-order valence-corrected chi connectivity index (χ2v) is 4.95. The van der Waals surface area contributed by atoms with Crippen molar-refractivity contribution in [2.24, 2.45) is 5.73 Å². The summed E-state index contributed by atoms with van der Waals surface area (Å²) in [5.41, 5.74) is 6.84. The summed E-state index contributed by atoms with van der Waals surface area (Å²) >= 11 is 0. The van der Waals surface area contributed by atoms with Crippen LogP contribution in [0.5, 0.6) is 5.88 Å². The molecule has 0 aliphatic heterocycles. The monoisotopic (exact) mass is 234 g/mol. The summed E-state index contributed by atoms with van der Waals surface area (Å²) in [7, 11) is 0. The SMILES string of the molecule is C[C@@H](N)c1ccc(OC2CCCCCC2)nc1. The van der Waals surface area contributed by atoms with Gasteiger partial charge in [0.2, 0.25) is 5.88 Å². The normalized spacial score (nSPS) is 19.6. The highest BCUT2D eigenvalue weighted by atomic mass is 16.5. The van der Waals surface area contributed by atoms with Crippen molar-refractivity contribution in [1.82, 2.24) is 4.98 Å². The molecule has 0 unspecified atom stereocenters. The maximum absolute atomic E-state index is 5.92. The summed E-state index contributed by atoms with van der Waals surface area (Å²) in [6, 6.07) is 3.97. The molecule has 1 atom stereocenters. The van der Waals surface area contributed by atoms with Gasteiger partial charge in [0.05, 0.1) is 0 Å². The van der Waals surface area contributed by atoms with E-state index in [-0.39, 0.29) is 6.04 Å². The van der Waals surface area contributed by atoms with Crippen LogP contribution in [0.3, 0.4) is 0 Å². The van der Waals surface area contributed by atoms with Crippen LogP contribution < -0.4 is 10.5 Å². The van der Waals surface area contributed by atoms with E-state index < -0.39 is 0 Å². The Bertz CT molecular complexity index is 327. The number of rotatable bonds is 3. The number of nitrogens with zero attached hydrogens (tertiary/aromatic N) is 1. The van der Waals surface area contributed by atoms with Crippen LogP contribution >= 0.6 is 0 Å². The molecule has 0 spiro atoms. The summed E-state index contributed by atoms with van der Waals surface area (Å²) in [6.45, 7) is 1.96. The number of aromatic nitrogens is 1.